The van der Waals surface area contributed by atoms with Gasteiger partial charge in [0.25, 0.3) is 0 Å². The number of hydrogen-bond donors (Lipinski definition) is 1. The number of rotatable bonds is 10. The second kappa shape index (κ2) is 17.6. The lowest BCUT2D eigenvalue weighted by Crippen LogP contribution is -2.12. The Kier molecular flexibility index (Phi) is 11.3. The SMILES string of the molecule is CCCc1ccc(-n2c(-c3cc(C(C)(C)C)cc(C)c3O)nc3c(-c4cc(-c5ccccc5)cc(-c5cc(-c6ccc(-c7ccccc7)cc6)ccn5)c4)cccc32)c(-c2ccccc2)c1. The molecule has 10 aromatic rings. The molecule has 66 heavy (non-hydrogen) atoms. The standard InChI is InChI=1S/C62H53N3O/c1-6-17-42-26-31-57(54(35-42)47-22-14-9-15-23-47)65-58-25-16-24-53(59(58)64-61(65)55-40-52(62(3,4)5)34-41(2)60(55)66)50-36-49(44-20-12-8-13-21-44)37-51(38-50)56-39-48(32-33-63-56)46-29-27-45(28-30-46)43-18-10-7-11-19-43/h7-16,18-40,66H,6,17H2,1-5H3. The normalized spacial score (nSPS) is 11.6. The van der Waals surface area contributed by atoms with Crippen LogP contribution in [0.5, 0.6) is 5.75 Å². The van der Waals surface area contributed by atoms with Crippen LogP contribution in [0.2, 0.25) is 0 Å². The average Bonchev–Trinajstić information content (AvgIpc) is 3.75. The van der Waals surface area contributed by atoms with E-state index in [0.717, 1.165) is 96.5 Å². The maximum absolute atomic E-state index is 12.1. The second-order valence-corrected chi connectivity index (χ2v) is 18.4. The Morgan fingerprint density at radius 1 is 0.500 bits per heavy atom. The van der Waals surface area contributed by atoms with Crippen molar-refractivity contribution in [3.05, 3.63) is 217 Å². The molecule has 8 aromatic carbocycles. The number of aromatic hydroxyl groups is 1. The summed E-state index contributed by atoms with van der Waals surface area (Å²) < 4.78 is 2.27. The van der Waals surface area contributed by atoms with Gasteiger partial charge in [-0.3, -0.25) is 9.55 Å². The fourth-order valence-electron chi connectivity index (χ4n) is 9.19. The van der Waals surface area contributed by atoms with Crippen LogP contribution in [0, 0.1) is 6.92 Å². The van der Waals surface area contributed by atoms with Gasteiger partial charge in [0.15, 0.2) is 0 Å². The number of imidazole rings is 1. The van der Waals surface area contributed by atoms with Gasteiger partial charge < -0.3 is 5.11 Å². The summed E-state index contributed by atoms with van der Waals surface area (Å²) in [6.07, 6.45) is 3.94. The van der Waals surface area contributed by atoms with Crippen molar-refractivity contribution in [2.45, 2.75) is 52.9 Å². The van der Waals surface area contributed by atoms with Gasteiger partial charge in [0, 0.05) is 22.9 Å². The monoisotopic (exact) mass is 855 g/mol. The van der Waals surface area contributed by atoms with Crippen LogP contribution in [0.4, 0.5) is 0 Å². The van der Waals surface area contributed by atoms with E-state index in [1.165, 1.54) is 16.7 Å². The Balaban J connectivity index is 1.20. The molecule has 4 nitrogen and oxygen atoms in total. The third kappa shape index (κ3) is 8.23. The van der Waals surface area contributed by atoms with Gasteiger partial charge in [0.05, 0.1) is 28.0 Å². The molecule has 4 heteroatoms. The highest BCUT2D eigenvalue weighted by Crippen LogP contribution is 2.44. The summed E-state index contributed by atoms with van der Waals surface area (Å²) in [4.78, 5) is 10.6. The minimum absolute atomic E-state index is 0.155. The van der Waals surface area contributed by atoms with Gasteiger partial charge in [-0.1, -0.05) is 174 Å². The first kappa shape index (κ1) is 42.1. The smallest absolute Gasteiger partial charge is 0.149 e. The van der Waals surface area contributed by atoms with E-state index in [1.54, 1.807) is 0 Å². The Bertz CT molecular complexity index is 3340. The van der Waals surface area contributed by atoms with Gasteiger partial charge in [-0.2, -0.15) is 0 Å². The number of fused-ring (bicyclic) bond motifs is 1. The number of phenolic OH excluding ortho intramolecular Hbond substituents is 1. The van der Waals surface area contributed by atoms with E-state index in [9.17, 15) is 5.11 Å². The highest BCUT2D eigenvalue weighted by Gasteiger charge is 2.25. The average molecular weight is 856 g/mol. The lowest BCUT2D eigenvalue weighted by molar-refractivity contribution is 0.471. The van der Waals surface area contributed by atoms with Crippen molar-refractivity contribution in [2.75, 3.05) is 0 Å². The number of para-hydroxylation sites is 1. The quantitative estimate of drug-likeness (QED) is 0.149. The lowest BCUT2D eigenvalue weighted by atomic mass is 9.84. The van der Waals surface area contributed by atoms with Crippen molar-refractivity contribution in [2.24, 2.45) is 0 Å². The van der Waals surface area contributed by atoms with Crippen molar-refractivity contribution < 1.29 is 5.11 Å². The largest absolute Gasteiger partial charge is 0.507 e. The molecule has 0 bridgehead atoms. The Morgan fingerprint density at radius 2 is 1.11 bits per heavy atom. The molecule has 0 atom stereocenters. The van der Waals surface area contributed by atoms with E-state index in [-0.39, 0.29) is 11.2 Å². The number of aromatic nitrogens is 3. The fraction of sp³-hybridized carbons (Fsp3) is 0.129. The third-order valence-corrected chi connectivity index (χ3v) is 12.8. The van der Waals surface area contributed by atoms with Gasteiger partial charge >= 0.3 is 0 Å². The van der Waals surface area contributed by atoms with Crippen LogP contribution in [0.3, 0.4) is 0 Å². The zero-order valence-corrected chi connectivity index (χ0v) is 38.3. The molecule has 10 rings (SSSR count). The Hall–Kier alpha value is -7.82. The molecule has 0 aliphatic carbocycles. The second-order valence-electron chi connectivity index (χ2n) is 18.4. The van der Waals surface area contributed by atoms with Gasteiger partial charge in [-0.05, 0) is 135 Å². The Morgan fingerprint density at radius 3 is 1.77 bits per heavy atom. The molecule has 0 aliphatic rings. The summed E-state index contributed by atoms with van der Waals surface area (Å²) in [6.45, 7) is 10.9. The molecule has 0 fully saturated rings. The molecular weight excluding hydrogens is 803 g/mol. The maximum Gasteiger partial charge on any atom is 0.149 e. The molecule has 322 valence electrons. The first-order chi connectivity index (χ1) is 32.1. The van der Waals surface area contributed by atoms with Gasteiger partial charge in [-0.15, -0.1) is 0 Å². The van der Waals surface area contributed by atoms with Gasteiger partial charge in [0.2, 0.25) is 0 Å². The summed E-state index contributed by atoms with van der Waals surface area (Å²) in [5.41, 5.74) is 19.6. The number of hydrogen-bond acceptors (Lipinski definition) is 3. The molecule has 1 N–H and O–H groups in total. The van der Waals surface area contributed by atoms with Gasteiger partial charge in [0.1, 0.15) is 11.6 Å². The minimum atomic E-state index is -0.155. The summed E-state index contributed by atoms with van der Waals surface area (Å²) in [6, 6.07) is 69.0. The van der Waals surface area contributed by atoms with E-state index in [4.69, 9.17) is 9.97 Å². The first-order valence-corrected chi connectivity index (χ1v) is 23.0. The van der Waals surface area contributed by atoms with Crippen LogP contribution in [0.15, 0.2) is 200 Å². The summed E-state index contributed by atoms with van der Waals surface area (Å²) in [7, 11) is 0. The number of benzene rings is 8. The number of nitrogens with zero attached hydrogens (tertiary/aromatic N) is 3. The van der Waals surface area contributed by atoms with Crippen molar-refractivity contribution >= 4 is 11.0 Å². The van der Waals surface area contributed by atoms with Crippen LogP contribution in [-0.2, 0) is 11.8 Å². The molecule has 0 radical (unpaired) electrons. The van der Waals surface area contributed by atoms with E-state index >= 15 is 0 Å². The zero-order chi connectivity index (χ0) is 45.4. The van der Waals surface area contributed by atoms with Crippen LogP contribution in [-0.4, -0.2) is 19.6 Å². The molecule has 2 aromatic heterocycles. The van der Waals surface area contributed by atoms with Crippen molar-refractivity contribution in [1.29, 1.82) is 0 Å². The molecule has 0 saturated carbocycles. The van der Waals surface area contributed by atoms with E-state index in [1.807, 2.05) is 19.2 Å². The van der Waals surface area contributed by atoms with E-state index in [0.29, 0.717) is 11.4 Å². The molecule has 0 amide bonds. The highest BCUT2D eigenvalue weighted by molar-refractivity contribution is 5.98. The van der Waals surface area contributed by atoms with Crippen LogP contribution in [0.1, 0.15) is 50.8 Å². The van der Waals surface area contributed by atoms with Crippen LogP contribution >= 0.6 is 0 Å². The van der Waals surface area contributed by atoms with Gasteiger partial charge in [-0.25, -0.2) is 4.98 Å². The molecule has 0 saturated heterocycles. The van der Waals surface area contributed by atoms with Crippen LogP contribution in [0.25, 0.3) is 95.0 Å². The molecular formula is C62H53N3O. The maximum atomic E-state index is 12.1. The number of phenols is 1. The van der Waals surface area contributed by atoms with E-state index in [2.05, 4.69) is 220 Å². The lowest BCUT2D eigenvalue weighted by Gasteiger charge is -2.22. The number of aryl methyl sites for hydroxylation is 2. The predicted octanol–water partition coefficient (Wildman–Crippen LogP) is 16.4. The van der Waals surface area contributed by atoms with Crippen molar-refractivity contribution in [3.63, 3.8) is 0 Å². The molecule has 2 heterocycles. The zero-order valence-electron chi connectivity index (χ0n) is 38.3. The molecule has 0 aliphatic heterocycles. The van der Waals surface area contributed by atoms with Crippen molar-refractivity contribution in [3.8, 4) is 89.7 Å². The van der Waals surface area contributed by atoms with Crippen molar-refractivity contribution in [1.82, 2.24) is 14.5 Å². The molecule has 0 unspecified atom stereocenters. The summed E-state index contributed by atoms with van der Waals surface area (Å²) in [5, 5.41) is 12.1. The molecule has 0 spiro atoms. The summed E-state index contributed by atoms with van der Waals surface area (Å²) in [5.74, 6) is 0.927. The third-order valence-electron chi connectivity index (χ3n) is 12.8. The minimum Gasteiger partial charge on any atom is -0.507 e. The first-order valence-electron chi connectivity index (χ1n) is 23.0. The predicted molar refractivity (Wildman–Crippen MR) is 276 cm³/mol. The number of pyridine rings is 1. The summed E-state index contributed by atoms with van der Waals surface area (Å²) >= 11 is 0. The van der Waals surface area contributed by atoms with Crippen LogP contribution < -0.4 is 0 Å². The Labute approximate surface area is 388 Å². The topological polar surface area (TPSA) is 50.9 Å². The fourth-order valence-corrected chi connectivity index (χ4v) is 9.19. The highest BCUT2D eigenvalue weighted by atomic mass is 16.3. The van der Waals surface area contributed by atoms with E-state index < -0.39 is 0 Å².